The summed E-state index contributed by atoms with van der Waals surface area (Å²) in [7, 11) is 0. The Hall–Kier alpha value is 0.191. The van der Waals surface area contributed by atoms with Gasteiger partial charge in [-0.15, -0.1) is 0 Å². The molecule has 4 heteroatoms. The van der Waals surface area contributed by atoms with E-state index in [2.05, 4.69) is 4.98 Å². The summed E-state index contributed by atoms with van der Waals surface area (Å²) in [5, 5.41) is 8.34. The van der Waals surface area contributed by atoms with Crippen LogP contribution in [-0.2, 0) is 0 Å². The predicted molar refractivity (Wildman–Crippen MR) is 39.2 cm³/mol. The molecule has 0 aliphatic carbocycles. The van der Waals surface area contributed by atoms with E-state index in [1.54, 1.807) is 6.07 Å². The molecule has 0 radical (unpaired) electrons. The fourth-order valence-corrected chi connectivity index (χ4v) is 0.489. The zero-order chi connectivity index (χ0) is 6.69. The average molecular weight is 262 g/mol. The average Bonchev–Trinajstić information content (AvgIpc) is 1.90. The Morgan fingerprint density at radius 1 is 1.70 bits per heavy atom. The topological polar surface area (TPSA) is 50.2 Å². The van der Waals surface area contributed by atoms with Gasteiger partial charge in [-0.1, -0.05) is 0 Å². The Balaban J connectivity index is -0.000000270. The third-order valence-electron chi connectivity index (χ3n) is 0.908. The molecule has 0 bridgehead atoms. The summed E-state index contributed by atoms with van der Waals surface area (Å²) in [5.74, 6) is -0.942. The van der Waals surface area contributed by atoms with Gasteiger partial charge in [0, 0.05) is 12.4 Å². The normalized spacial score (nSPS) is 8.00. The van der Waals surface area contributed by atoms with Crippen LogP contribution in [0.5, 0.6) is 0 Å². The molecule has 0 spiro atoms. The van der Waals surface area contributed by atoms with Crippen LogP contribution in [-0.4, -0.2) is 64.9 Å². The molecule has 0 saturated carbocycles. The van der Waals surface area contributed by atoms with Gasteiger partial charge < -0.3 is 7.96 Å². The van der Waals surface area contributed by atoms with Crippen LogP contribution in [0.25, 0.3) is 0 Å². The Morgan fingerprint density at radius 3 is 2.70 bits per heavy atom. The van der Waals surface area contributed by atoms with E-state index in [1.165, 1.54) is 18.5 Å². The second-order valence-electron chi connectivity index (χ2n) is 1.55. The molecule has 0 aliphatic heterocycles. The van der Waals surface area contributed by atoms with Gasteiger partial charge in [0.15, 0.2) is 0 Å². The van der Waals surface area contributed by atoms with Crippen molar-refractivity contribution >= 4 is 54.9 Å². The Morgan fingerprint density at radius 2 is 2.40 bits per heavy atom. The molecule has 3 nitrogen and oxygen atoms in total. The van der Waals surface area contributed by atoms with E-state index in [0.717, 1.165) is 0 Å². The number of carboxylic acid groups (broad SMARTS) is 1. The van der Waals surface area contributed by atoms with E-state index in [-0.39, 0.29) is 57.3 Å². The standard InChI is InChI=1S/C6H5NO2.Ba.2H/c8-6(9)5-2-1-3-7-4-5;;;/h1-4H,(H,8,9);;;/q;+2;2*-1. The fraction of sp³-hybridized carbons (Fsp3) is 0. The van der Waals surface area contributed by atoms with Crippen molar-refractivity contribution in [2.75, 3.05) is 0 Å². The molecule has 50 valence electrons. The minimum Gasteiger partial charge on any atom is -1.00 e. The molecular formula is C6H7BaNO2. The molecule has 0 aromatic carbocycles. The van der Waals surface area contributed by atoms with Crippen molar-refractivity contribution in [3.63, 3.8) is 0 Å². The first kappa shape index (κ1) is 10.2. The molecular weight excluding hydrogens is 255 g/mol. The molecule has 1 N–H and O–H groups in total. The molecule has 0 saturated heterocycles. The number of hydrogen-bond acceptors (Lipinski definition) is 2. The number of nitrogens with zero attached hydrogens (tertiary/aromatic N) is 1. The van der Waals surface area contributed by atoms with Crippen LogP contribution in [0.4, 0.5) is 0 Å². The van der Waals surface area contributed by atoms with E-state index < -0.39 is 5.97 Å². The molecule has 0 fully saturated rings. The van der Waals surface area contributed by atoms with E-state index >= 15 is 0 Å². The van der Waals surface area contributed by atoms with Crippen LogP contribution in [0.3, 0.4) is 0 Å². The first-order valence-electron chi connectivity index (χ1n) is 2.44. The van der Waals surface area contributed by atoms with Gasteiger partial charge in [-0.25, -0.2) is 4.79 Å². The minimum atomic E-state index is -0.942. The van der Waals surface area contributed by atoms with E-state index in [1.807, 2.05) is 0 Å². The van der Waals surface area contributed by atoms with E-state index in [9.17, 15) is 4.79 Å². The summed E-state index contributed by atoms with van der Waals surface area (Å²) in [5.41, 5.74) is 0.220. The SMILES string of the molecule is O=C(O)c1cccnc1.[Ba+2].[H-].[H-]. The largest absolute Gasteiger partial charge is 2.00 e. The second-order valence-corrected chi connectivity index (χ2v) is 1.55. The molecule has 1 rings (SSSR count). The van der Waals surface area contributed by atoms with Gasteiger partial charge in [0.05, 0.1) is 5.56 Å². The number of carbonyl (C=O) groups is 1. The Bertz CT molecular complexity index is 220. The van der Waals surface area contributed by atoms with Crippen LogP contribution in [0.15, 0.2) is 24.5 Å². The number of carboxylic acids is 1. The van der Waals surface area contributed by atoms with Gasteiger partial charge in [0.2, 0.25) is 0 Å². The van der Waals surface area contributed by atoms with E-state index in [0.29, 0.717) is 0 Å². The summed E-state index contributed by atoms with van der Waals surface area (Å²) in [6.07, 6.45) is 2.84. The van der Waals surface area contributed by atoms with Crippen LogP contribution in [0.2, 0.25) is 0 Å². The van der Waals surface area contributed by atoms with Gasteiger partial charge in [-0.3, -0.25) is 4.98 Å². The van der Waals surface area contributed by atoms with Gasteiger partial charge in [-0.2, -0.15) is 0 Å². The van der Waals surface area contributed by atoms with E-state index in [4.69, 9.17) is 5.11 Å². The maximum atomic E-state index is 10.2. The van der Waals surface area contributed by atoms with Crippen LogP contribution >= 0.6 is 0 Å². The van der Waals surface area contributed by atoms with Gasteiger partial charge in [0.25, 0.3) is 0 Å². The van der Waals surface area contributed by atoms with Gasteiger partial charge >= 0.3 is 54.9 Å². The predicted octanol–water partition coefficient (Wildman–Crippen LogP) is 0.624. The smallest absolute Gasteiger partial charge is 1.00 e. The number of pyridine rings is 1. The van der Waals surface area contributed by atoms with Crippen molar-refractivity contribution in [2.24, 2.45) is 0 Å². The third-order valence-corrected chi connectivity index (χ3v) is 0.908. The minimum absolute atomic E-state index is 0. The molecule has 1 aromatic heterocycles. The Labute approximate surface area is 102 Å². The van der Waals surface area contributed by atoms with Crippen molar-refractivity contribution in [3.8, 4) is 0 Å². The first-order chi connectivity index (χ1) is 4.30. The summed E-state index contributed by atoms with van der Waals surface area (Å²) in [6, 6.07) is 3.08. The number of aromatic nitrogens is 1. The molecule has 1 heterocycles. The summed E-state index contributed by atoms with van der Waals surface area (Å²) in [6.45, 7) is 0. The zero-order valence-corrected chi connectivity index (χ0v) is 9.76. The van der Waals surface area contributed by atoms with Gasteiger partial charge in [0.1, 0.15) is 0 Å². The van der Waals surface area contributed by atoms with Crippen molar-refractivity contribution in [1.82, 2.24) is 4.98 Å². The van der Waals surface area contributed by atoms with Crippen molar-refractivity contribution < 1.29 is 12.8 Å². The molecule has 0 atom stereocenters. The number of aromatic carboxylic acids is 1. The summed E-state index contributed by atoms with van der Waals surface area (Å²) in [4.78, 5) is 13.8. The molecule has 1 aromatic rings. The van der Waals surface area contributed by atoms with Gasteiger partial charge in [-0.05, 0) is 12.1 Å². The quantitative estimate of drug-likeness (QED) is 0.755. The van der Waals surface area contributed by atoms with Crippen LogP contribution < -0.4 is 0 Å². The zero-order valence-electron chi connectivity index (χ0n) is 7.32. The number of hydrogen-bond donors (Lipinski definition) is 1. The molecule has 0 unspecified atom stereocenters. The van der Waals surface area contributed by atoms with Crippen molar-refractivity contribution in [3.05, 3.63) is 30.1 Å². The monoisotopic (exact) mass is 263 g/mol. The first-order valence-corrected chi connectivity index (χ1v) is 2.44. The van der Waals surface area contributed by atoms with Crippen LogP contribution in [0, 0.1) is 0 Å². The van der Waals surface area contributed by atoms with Crippen molar-refractivity contribution in [1.29, 1.82) is 0 Å². The summed E-state index contributed by atoms with van der Waals surface area (Å²) >= 11 is 0. The summed E-state index contributed by atoms with van der Waals surface area (Å²) < 4.78 is 0. The molecule has 10 heavy (non-hydrogen) atoms. The molecule has 0 aliphatic rings. The number of rotatable bonds is 1. The maximum Gasteiger partial charge on any atom is 2.00 e. The van der Waals surface area contributed by atoms with Crippen molar-refractivity contribution in [2.45, 2.75) is 0 Å². The fourth-order valence-electron chi connectivity index (χ4n) is 0.489. The van der Waals surface area contributed by atoms with Crippen LogP contribution in [0.1, 0.15) is 13.2 Å². The molecule has 0 amide bonds. The second kappa shape index (κ2) is 4.92. The third kappa shape index (κ3) is 2.85. The Kier molecular flexibility index (Phi) is 5.02. The maximum absolute atomic E-state index is 10.2.